The van der Waals surface area contributed by atoms with Gasteiger partial charge in [-0.15, -0.1) is 10.2 Å². The van der Waals surface area contributed by atoms with Gasteiger partial charge in [-0.2, -0.15) is 0 Å². The Kier molecular flexibility index (Phi) is 6.50. The fourth-order valence-electron chi connectivity index (χ4n) is 2.64. The van der Waals surface area contributed by atoms with Gasteiger partial charge in [0.1, 0.15) is 12.1 Å². The molecule has 3 aromatic rings. The molecule has 2 aromatic carbocycles. The number of imide groups is 1. The van der Waals surface area contributed by atoms with E-state index in [9.17, 15) is 9.59 Å². The van der Waals surface area contributed by atoms with Gasteiger partial charge in [0.2, 0.25) is 5.91 Å². The Labute approximate surface area is 172 Å². The van der Waals surface area contributed by atoms with Crippen LogP contribution in [0.15, 0.2) is 53.9 Å². The van der Waals surface area contributed by atoms with Crippen LogP contribution in [0.3, 0.4) is 0 Å². The zero-order valence-corrected chi connectivity index (χ0v) is 17.1. The number of rotatable bonds is 6. The number of aryl methyl sites for hydroxylation is 2. The molecule has 2 N–H and O–H groups in total. The molecule has 0 spiro atoms. The first-order chi connectivity index (χ1) is 14.0. The number of carbonyl (C=O) groups excluding carboxylic acids is 2. The molecular weight excluding hydrogens is 390 g/mol. The highest BCUT2D eigenvalue weighted by Gasteiger charge is 2.13. The number of carbonyl (C=O) groups is 2. The summed E-state index contributed by atoms with van der Waals surface area (Å²) in [5.41, 5.74) is 3.52. The van der Waals surface area contributed by atoms with Crippen molar-refractivity contribution in [1.82, 2.24) is 20.1 Å². The Morgan fingerprint density at radius 1 is 1.14 bits per heavy atom. The molecule has 0 atom stereocenters. The number of aromatic nitrogens is 3. The highest BCUT2D eigenvalue weighted by molar-refractivity contribution is 7.99. The van der Waals surface area contributed by atoms with E-state index in [-0.39, 0.29) is 5.75 Å². The van der Waals surface area contributed by atoms with Crippen molar-refractivity contribution in [3.05, 3.63) is 59.9 Å². The van der Waals surface area contributed by atoms with Crippen molar-refractivity contribution in [2.75, 3.05) is 18.2 Å². The van der Waals surface area contributed by atoms with Crippen molar-refractivity contribution >= 4 is 29.4 Å². The Hall–Kier alpha value is -3.33. The van der Waals surface area contributed by atoms with E-state index >= 15 is 0 Å². The molecule has 9 heteroatoms. The van der Waals surface area contributed by atoms with Crippen LogP contribution in [-0.2, 0) is 4.79 Å². The van der Waals surface area contributed by atoms with Gasteiger partial charge in [-0.25, -0.2) is 4.79 Å². The van der Waals surface area contributed by atoms with Crippen molar-refractivity contribution in [1.29, 1.82) is 0 Å². The lowest BCUT2D eigenvalue weighted by Gasteiger charge is -2.10. The summed E-state index contributed by atoms with van der Waals surface area (Å²) in [5.74, 6) is 0.335. The Morgan fingerprint density at radius 2 is 1.90 bits per heavy atom. The summed E-state index contributed by atoms with van der Waals surface area (Å²) in [7, 11) is 1.60. The minimum absolute atomic E-state index is 0.0230. The molecule has 1 heterocycles. The summed E-state index contributed by atoms with van der Waals surface area (Å²) < 4.78 is 6.91. The van der Waals surface area contributed by atoms with Crippen LogP contribution < -0.4 is 15.4 Å². The predicted molar refractivity (Wildman–Crippen MR) is 112 cm³/mol. The number of thioether (sulfide) groups is 1. The standard InChI is InChI=1S/C20H21N5O3S/c1-13-4-9-17(14(2)10-13)22-19(27)23-18(26)11-29-20-24-21-12-25(20)15-5-7-16(28-3)8-6-15/h4-10,12H,11H2,1-3H3,(H2,22,23,26,27). The van der Waals surface area contributed by atoms with Crippen molar-refractivity contribution < 1.29 is 14.3 Å². The topological polar surface area (TPSA) is 98.1 Å². The molecule has 3 rings (SSSR count). The summed E-state index contributed by atoms with van der Waals surface area (Å²) in [4.78, 5) is 24.2. The average Bonchev–Trinajstić information content (AvgIpc) is 3.17. The van der Waals surface area contributed by atoms with E-state index < -0.39 is 11.9 Å². The van der Waals surface area contributed by atoms with Gasteiger partial charge >= 0.3 is 6.03 Å². The molecule has 0 aliphatic rings. The number of anilines is 1. The minimum atomic E-state index is -0.570. The van der Waals surface area contributed by atoms with E-state index in [4.69, 9.17) is 4.74 Å². The molecule has 0 aliphatic heterocycles. The number of hydrogen-bond donors (Lipinski definition) is 2. The fourth-order valence-corrected chi connectivity index (χ4v) is 3.37. The first kappa shape index (κ1) is 20.4. The number of urea groups is 1. The van der Waals surface area contributed by atoms with E-state index in [1.54, 1.807) is 24.1 Å². The second kappa shape index (κ2) is 9.24. The van der Waals surface area contributed by atoms with Crippen LogP contribution in [-0.4, -0.2) is 39.6 Å². The van der Waals surface area contributed by atoms with E-state index in [1.807, 2.05) is 50.2 Å². The molecule has 1 aromatic heterocycles. The average molecular weight is 411 g/mol. The summed E-state index contributed by atoms with van der Waals surface area (Å²) in [6.45, 7) is 3.87. The molecule has 0 saturated heterocycles. The highest BCUT2D eigenvalue weighted by atomic mass is 32.2. The van der Waals surface area contributed by atoms with Crippen molar-refractivity contribution in [3.63, 3.8) is 0 Å². The molecule has 0 fully saturated rings. The van der Waals surface area contributed by atoms with Crippen LogP contribution in [0.4, 0.5) is 10.5 Å². The zero-order chi connectivity index (χ0) is 20.8. The largest absolute Gasteiger partial charge is 0.497 e. The molecule has 150 valence electrons. The van der Waals surface area contributed by atoms with Crippen molar-refractivity contribution in [2.45, 2.75) is 19.0 Å². The summed E-state index contributed by atoms with van der Waals surface area (Å²) in [5, 5.41) is 13.5. The van der Waals surface area contributed by atoms with Gasteiger partial charge in [-0.05, 0) is 49.7 Å². The monoisotopic (exact) mass is 411 g/mol. The first-order valence-electron chi connectivity index (χ1n) is 8.81. The van der Waals surface area contributed by atoms with E-state index in [2.05, 4.69) is 20.8 Å². The molecule has 0 radical (unpaired) electrons. The van der Waals surface area contributed by atoms with Crippen LogP contribution in [0.1, 0.15) is 11.1 Å². The van der Waals surface area contributed by atoms with E-state index in [0.29, 0.717) is 10.8 Å². The highest BCUT2D eigenvalue weighted by Crippen LogP contribution is 2.21. The number of nitrogens with one attached hydrogen (secondary N) is 2. The maximum absolute atomic E-state index is 12.1. The van der Waals surface area contributed by atoms with Gasteiger partial charge in [0.15, 0.2) is 5.16 Å². The lowest BCUT2D eigenvalue weighted by atomic mass is 10.1. The molecule has 0 bridgehead atoms. The lowest BCUT2D eigenvalue weighted by Crippen LogP contribution is -2.35. The fraction of sp³-hybridized carbons (Fsp3) is 0.200. The molecule has 8 nitrogen and oxygen atoms in total. The molecule has 29 heavy (non-hydrogen) atoms. The molecule has 0 saturated carbocycles. The van der Waals surface area contributed by atoms with Crippen molar-refractivity contribution in [3.8, 4) is 11.4 Å². The van der Waals surface area contributed by atoms with Gasteiger partial charge in [0, 0.05) is 11.4 Å². The Morgan fingerprint density at radius 3 is 2.59 bits per heavy atom. The maximum Gasteiger partial charge on any atom is 0.325 e. The van der Waals surface area contributed by atoms with Gasteiger partial charge < -0.3 is 10.1 Å². The molecule has 0 aliphatic carbocycles. The van der Waals surface area contributed by atoms with Crippen LogP contribution >= 0.6 is 11.8 Å². The zero-order valence-electron chi connectivity index (χ0n) is 16.3. The first-order valence-corrected chi connectivity index (χ1v) is 9.80. The molecule has 0 unspecified atom stereocenters. The summed E-state index contributed by atoms with van der Waals surface area (Å²) in [6.07, 6.45) is 1.56. The molecular formula is C20H21N5O3S. The number of nitrogens with zero attached hydrogens (tertiary/aromatic N) is 3. The van der Waals surface area contributed by atoms with Crippen LogP contribution in [0.2, 0.25) is 0 Å². The molecule has 3 amide bonds. The van der Waals surface area contributed by atoms with Crippen LogP contribution in [0, 0.1) is 13.8 Å². The smallest absolute Gasteiger partial charge is 0.325 e. The van der Waals surface area contributed by atoms with Gasteiger partial charge in [0.05, 0.1) is 12.9 Å². The normalized spacial score (nSPS) is 10.4. The van der Waals surface area contributed by atoms with E-state index in [1.165, 1.54) is 11.8 Å². The third-order valence-corrected chi connectivity index (χ3v) is 5.03. The van der Waals surface area contributed by atoms with Crippen LogP contribution in [0.5, 0.6) is 5.75 Å². The van der Waals surface area contributed by atoms with Crippen LogP contribution in [0.25, 0.3) is 5.69 Å². The second-order valence-electron chi connectivity index (χ2n) is 6.29. The van der Waals surface area contributed by atoms with Gasteiger partial charge in [-0.3, -0.25) is 14.7 Å². The Bertz CT molecular complexity index is 1020. The second-order valence-corrected chi connectivity index (χ2v) is 7.23. The van der Waals surface area contributed by atoms with Crippen molar-refractivity contribution in [2.24, 2.45) is 0 Å². The number of ether oxygens (including phenoxy) is 1. The third-order valence-electron chi connectivity index (χ3n) is 4.08. The maximum atomic E-state index is 12.1. The lowest BCUT2D eigenvalue weighted by molar-refractivity contribution is -0.117. The SMILES string of the molecule is COc1ccc(-n2cnnc2SCC(=O)NC(=O)Nc2ccc(C)cc2C)cc1. The Balaban J connectivity index is 1.55. The third kappa shape index (κ3) is 5.35. The van der Waals surface area contributed by atoms with Gasteiger partial charge in [-0.1, -0.05) is 29.5 Å². The summed E-state index contributed by atoms with van der Waals surface area (Å²) >= 11 is 1.19. The number of benzene rings is 2. The quantitative estimate of drug-likeness (QED) is 0.604. The number of amides is 3. The predicted octanol–water partition coefficient (Wildman–Crippen LogP) is 3.33. The van der Waals surface area contributed by atoms with E-state index in [0.717, 1.165) is 22.6 Å². The minimum Gasteiger partial charge on any atom is -0.497 e. The van der Waals surface area contributed by atoms with Gasteiger partial charge in [0.25, 0.3) is 0 Å². The number of methoxy groups -OCH3 is 1. The summed E-state index contributed by atoms with van der Waals surface area (Å²) in [6, 6.07) is 12.5. The number of hydrogen-bond acceptors (Lipinski definition) is 6.